The molecule has 0 unspecified atom stereocenters. The number of fused-ring (bicyclic) bond motifs is 1. The summed E-state index contributed by atoms with van der Waals surface area (Å²) in [7, 11) is 0. The number of nitro groups is 1. The third-order valence-electron chi connectivity index (χ3n) is 4.19. The van der Waals surface area contributed by atoms with Gasteiger partial charge in [-0.15, -0.1) is 0 Å². The number of hydrogen-bond acceptors (Lipinski definition) is 6. The van der Waals surface area contributed by atoms with Gasteiger partial charge in [0, 0.05) is 23.6 Å². The zero-order valence-electron chi connectivity index (χ0n) is 16.6. The van der Waals surface area contributed by atoms with E-state index in [1.165, 1.54) is 36.4 Å². The Labute approximate surface area is 188 Å². The monoisotopic (exact) mass is 450 g/mol. The maximum Gasteiger partial charge on any atom is 0.276 e. The van der Waals surface area contributed by atoms with Crippen LogP contribution in [0.15, 0.2) is 72.8 Å². The molecule has 0 fully saturated rings. The number of hydrazine groups is 1. The maximum atomic E-state index is 12.0. The predicted molar refractivity (Wildman–Crippen MR) is 124 cm³/mol. The molecule has 0 heterocycles. The lowest BCUT2D eigenvalue weighted by atomic mass is 10.1. The highest BCUT2D eigenvalue weighted by atomic mass is 32.1. The number of nitrogens with one attached hydrogen (secondary N) is 3. The Balaban J connectivity index is 1.42. The summed E-state index contributed by atoms with van der Waals surface area (Å²) in [5.41, 5.74) is 5.31. The number of amides is 2. The summed E-state index contributed by atoms with van der Waals surface area (Å²) >= 11 is 4.96. The molecule has 0 radical (unpaired) electrons. The first-order chi connectivity index (χ1) is 15.4. The molecule has 3 N–H and O–H groups in total. The summed E-state index contributed by atoms with van der Waals surface area (Å²) < 4.78 is 5.57. The quantitative estimate of drug-likeness (QED) is 0.228. The Bertz CT molecular complexity index is 1190. The second-order valence-corrected chi connectivity index (χ2v) is 6.85. The minimum atomic E-state index is -0.540. The van der Waals surface area contributed by atoms with Crippen molar-refractivity contribution >= 4 is 51.7 Å². The van der Waals surface area contributed by atoms with Gasteiger partial charge in [0.15, 0.2) is 11.7 Å². The van der Waals surface area contributed by atoms with Crippen LogP contribution in [0.25, 0.3) is 16.8 Å². The third kappa shape index (κ3) is 6.34. The van der Waals surface area contributed by atoms with Crippen molar-refractivity contribution in [2.24, 2.45) is 0 Å². The van der Waals surface area contributed by atoms with Crippen molar-refractivity contribution in [3.05, 3.63) is 88.5 Å². The summed E-state index contributed by atoms with van der Waals surface area (Å²) in [5.74, 6) is -0.455. The van der Waals surface area contributed by atoms with Crippen LogP contribution < -0.4 is 20.9 Å². The van der Waals surface area contributed by atoms with Crippen molar-refractivity contribution in [2.75, 3.05) is 6.61 Å². The van der Waals surface area contributed by atoms with Gasteiger partial charge in [-0.3, -0.25) is 35.9 Å². The van der Waals surface area contributed by atoms with Crippen molar-refractivity contribution in [2.45, 2.75) is 0 Å². The number of nitro benzene ring substituents is 1. The molecule has 9 nitrogen and oxygen atoms in total. The van der Waals surface area contributed by atoms with Gasteiger partial charge in [-0.2, -0.15) is 0 Å². The molecule has 0 aliphatic carbocycles. The number of non-ortho nitro benzene ring substituents is 1. The average Bonchev–Trinajstić information content (AvgIpc) is 2.80. The average molecular weight is 450 g/mol. The number of ether oxygens (including phenoxy) is 1. The van der Waals surface area contributed by atoms with Crippen molar-refractivity contribution in [3.8, 4) is 5.75 Å². The Hall–Kier alpha value is -4.31. The molecule has 162 valence electrons. The van der Waals surface area contributed by atoms with Crippen LogP contribution in [0.2, 0.25) is 0 Å². The fraction of sp³-hybridized carbons (Fsp3) is 0.0455. The topological polar surface area (TPSA) is 123 Å². The molecule has 10 heteroatoms. The minimum Gasteiger partial charge on any atom is -0.483 e. The van der Waals surface area contributed by atoms with E-state index in [0.29, 0.717) is 11.3 Å². The normalized spacial score (nSPS) is 10.5. The molecule has 0 bridgehead atoms. The lowest BCUT2D eigenvalue weighted by Crippen LogP contribution is -2.49. The van der Waals surface area contributed by atoms with Crippen LogP contribution in [0.1, 0.15) is 5.56 Å². The number of thiocarbonyl (C=S) groups is 1. The fourth-order valence-corrected chi connectivity index (χ4v) is 2.84. The van der Waals surface area contributed by atoms with Gasteiger partial charge in [0.2, 0.25) is 5.91 Å². The van der Waals surface area contributed by atoms with E-state index >= 15 is 0 Å². The van der Waals surface area contributed by atoms with Crippen molar-refractivity contribution in [1.82, 2.24) is 16.2 Å². The van der Waals surface area contributed by atoms with Gasteiger partial charge < -0.3 is 4.74 Å². The van der Waals surface area contributed by atoms with Gasteiger partial charge in [0.1, 0.15) is 5.75 Å². The van der Waals surface area contributed by atoms with Crippen LogP contribution in [0.3, 0.4) is 0 Å². The third-order valence-corrected chi connectivity index (χ3v) is 4.40. The van der Waals surface area contributed by atoms with E-state index in [2.05, 4.69) is 16.2 Å². The smallest absolute Gasteiger partial charge is 0.276 e. The largest absolute Gasteiger partial charge is 0.483 e. The highest BCUT2D eigenvalue weighted by Crippen LogP contribution is 2.24. The maximum absolute atomic E-state index is 12.0. The standard InChI is InChI=1S/C22H18N4O5S/c27-20(13-10-15-8-11-17(12-9-15)26(29)30)23-22(32)25-24-21(28)14-31-19-7-3-5-16-4-1-2-6-18(16)19/h1-13H,14H2,(H,24,28)(H2,23,25,27,32)/b13-10+. The molecule has 3 rings (SSSR count). The number of nitrogens with zero attached hydrogens (tertiary/aromatic N) is 1. The Morgan fingerprint density at radius 1 is 1.00 bits per heavy atom. The minimum absolute atomic E-state index is 0.0443. The number of carbonyl (C=O) groups is 2. The highest BCUT2D eigenvalue weighted by Gasteiger charge is 2.07. The Kier molecular flexibility index (Phi) is 7.44. The SMILES string of the molecule is O=C(/C=C/c1ccc([N+](=O)[O-])cc1)NC(=S)NNC(=O)COc1cccc2ccccc12. The molecular formula is C22H18N4O5S. The number of benzene rings is 3. The first kappa shape index (κ1) is 22.4. The highest BCUT2D eigenvalue weighted by molar-refractivity contribution is 7.80. The van der Waals surface area contributed by atoms with E-state index in [1.807, 2.05) is 36.4 Å². The van der Waals surface area contributed by atoms with Gasteiger partial charge >= 0.3 is 0 Å². The zero-order chi connectivity index (χ0) is 22.9. The van der Waals surface area contributed by atoms with Gasteiger partial charge in [-0.25, -0.2) is 0 Å². The molecule has 3 aromatic rings. The molecule has 0 aromatic heterocycles. The van der Waals surface area contributed by atoms with Gasteiger partial charge in [-0.05, 0) is 47.4 Å². The lowest BCUT2D eigenvalue weighted by molar-refractivity contribution is -0.384. The Morgan fingerprint density at radius 2 is 1.72 bits per heavy atom. The summed E-state index contributed by atoms with van der Waals surface area (Å²) in [6.45, 7) is -0.252. The number of hydrogen-bond donors (Lipinski definition) is 3. The van der Waals surface area contributed by atoms with Crippen molar-refractivity contribution in [3.63, 3.8) is 0 Å². The summed E-state index contributed by atoms with van der Waals surface area (Å²) in [6, 6.07) is 18.9. The molecule has 0 atom stereocenters. The van der Waals surface area contributed by atoms with E-state index in [1.54, 1.807) is 6.07 Å². The second kappa shape index (κ2) is 10.6. The molecule has 0 saturated carbocycles. The van der Waals surface area contributed by atoms with E-state index in [4.69, 9.17) is 17.0 Å². The first-order valence-corrected chi connectivity index (χ1v) is 9.76. The molecule has 0 aliphatic rings. The van der Waals surface area contributed by atoms with Crippen LogP contribution in [0.4, 0.5) is 5.69 Å². The summed E-state index contributed by atoms with van der Waals surface area (Å²) in [6.07, 6.45) is 2.68. The van der Waals surface area contributed by atoms with Crippen LogP contribution in [-0.4, -0.2) is 28.5 Å². The lowest BCUT2D eigenvalue weighted by Gasteiger charge is -2.11. The Morgan fingerprint density at radius 3 is 2.47 bits per heavy atom. The van der Waals surface area contributed by atoms with Gasteiger partial charge in [0.25, 0.3) is 11.6 Å². The van der Waals surface area contributed by atoms with Crippen LogP contribution >= 0.6 is 12.2 Å². The van der Waals surface area contributed by atoms with Crippen LogP contribution in [-0.2, 0) is 9.59 Å². The van der Waals surface area contributed by atoms with Crippen LogP contribution in [0, 0.1) is 10.1 Å². The molecule has 0 saturated heterocycles. The van der Waals surface area contributed by atoms with E-state index in [-0.39, 0.29) is 17.4 Å². The van der Waals surface area contributed by atoms with E-state index in [0.717, 1.165) is 10.8 Å². The van der Waals surface area contributed by atoms with E-state index in [9.17, 15) is 19.7 Å². The molecular weight excluding hydrogens is 432 g/mol. The van der Waals surface area contributed by atoms with Gasteiger partial charge in [-0.1, -0.05) is 36.4 Å². The first-order valence-electron chi connectivity index (χ1n) is 9.35. The second-order valence-electron chi connectivity index (χ2n) is 6.44. The van der Waals surface area contributed by atoms with Crippen molar-refractivity contribution < 1.29 is 19.2 Å². The summed E-state index contributed by atoms with van der Waals surface area (Å²) in [5, 5.41) is 14.8. The molecule has 3 aromatic carbocycles. The molecule has 32 heavy (non-hydrogen) atoms. The predicted octanol–water partition coefficient (Wildman–Crippen LogP) is 2.86. The molecule has 0 spiro atoms. The molecule has 2 amide bonds. The number of carbonyl (C=O) groups excluding carboxylic acids is 2. The zero-order valence-corrected chi connectivity index (χ0v) is 17.4. The van der Waals surface area contributed by atoms with Crippen LogP contribution in [0.5, 0.6) is 5.75 Å². The van der Waals surface area contributed by atoms with Gasteiger partial charge in [0.05, 0.1) is 4.92 Å². The van der Waals surface area contributed by atoms with Crippen molar-refractivity contribution in [1.29, 1.82) is 0 Å². The fourth-order valence-electron chi connectivity index (χ4n) is 2.69. The van der Waals surface area contributed by atoms with E-state index < -0.39 is 16.7 Å². The summed E-state index contributed by atoms with van der Waals surface area (Å²) in [4.78, 5) is 34.0. The number of rotatable bonds is 6. The molecule has 0 aliphatic heterocycles.